The highest BCUT2D eigenvalue weighted by Gasteiger charge is 2.35. The Labute approximate surface area is 137 Å². The fraction of sp³-hybridized carbons (Fsp3) is 0.267. The number of hydrogen-bond acceptors (Lipinski definition) is 6. The number of sulfone groups is 1. The molecule has 0 aliphatic carbocycles. The molecule has 1 saturated heterocycles. The van der Waals surface area contributed by atoms with E-state index in [1.165, 1.54) is 18.2 Å². The summed E-state index contributed by atoms with van der Waals surface area (Å²) in [6.07, 6.45) is 0.580. The van der Waals surface area contributed by atoms with Crippen LogP contribution >= 0.6 is 0 Å². The maximum Gasteiger partial charge on any atom is 0.275 e. The van der Waals surface area contributed by atoms with E-state index in [0.717, 1.165) is 6.20 Å². The number of pyridine rings is 2. The number of halogens is 1. The van der Waals surface area contributed by atoms with Gasteiger partial charge in [-0.05, 0) is 19.1 Å². The van der Waals surface area contributed by atoms with Gasteiger partial charge in [-0.15, -0.1) is 0 Å². The maximum atomic E-state index is 12.8. The number of anilines is 1. The summed E-state index contributed by atoms with van der Waals surface area (Å²) in [7, 11) is -2.99. The zero-order valence-corrected chi connectivity index (χ0v) is 13.5. The molecule has 1 amide bonds. The van der Waals surface area contributed by atoms with Crippen LogP contribution in [0.4, 0.5) is 10.2 Å². The van der Waals surface area contributed by atoms with Crippen LogP contribution in [0, 0.1) is 12.7 Å². The van der Waals surface area contributed by atoms with Crippen LogP contribution in [0.15, 0.2) is 30.5 Å². The predicted molar refractivity (Wildman–Crippen MR) is 84.2 cm³/mol. The second-order valence-corrected chi connectivity index (χ2v) is 7.62. The number of nitrogens with one attached hydrogen (secondary N) is 1. The van der Waals surface area contributed by atoms with Crippen molar-refractivity contribution in [3.8, 4) is 5.75 Å². The third kappa shape index (κ3) is 3.85. The zero-order chi connectivity index (χ0) is 17.3. The van der Waals surface area contributed by atoms with Crippen molar-refractivity contribution < 1.29 is 22.3 Å². The third-order valence-electron chi connectivity index (χ3n) is 3.31. The number of rotatable bonds is 4. The summed E-state index contributed by atoms with van der Waals surface area (Å²) >= 11 is 0. The Bertz CT molecular complexity index is 872. The Morgan fingerprint density at radius 3 is 2.71 bits per heavy atom. The van der Waals surface area contributed by atoms with Crippen molar-refractivity contribution in [2.75, 3.05) is 16.8 Å². The van der Waals surface area contributed by atoms with Gasteiger partial charge in [-0.3, -0.25) is 4.79 Å². The van der Waals surface area contributed by atoms with Gasteiger partial charge < -0.3 is 10.1 Å². The molecule has 0 atom stereocenters. The summed E-state index contributed by atoms with van der Waals surface area (Å²) in [6.45, 7) is 1.69. The molecular weight excluding hydrogens is 337 g/mol. The zero-order valence-electron chi connectivity index (χ0n) is 12.7. The first-order valence-electron chi connectivity index (χ1n) is 7.09. The molecule has 0 bridgehead atoms. The minimum Gasteiger partial charge on any atom is -0.488 e. The van der Waals surface area contributed by atoms with E-state index in [9.17, 15) is 17.6 Å². The van der Waals surface area contributed by atoms with Gasteiger partial charge in [0.25, 0.3) is 5.91 Å². The van der Waals surface area contributed by atoms with Crippen molar-refractivity contribution in [2.24, 2.45) is 0 Å². The molecule has 0 spiro atoms. The average molecular weight is 351 g/mol. The van der Waals surface area contributed by atoms with Crippen LogP contribution in [0.1, 0.15) is 16.2 Å². The Hall–Kier alpha value is -2.55. The van der Waals surface area contributed by atoms with Gasteiger partial charge in [0.1, 0.15) is 29.2 Å². The van der Waals surface area contributed by atoms with Crippen molar-refractivity contribution in [1.29, 1.82) is 0 Å². The topological polar surface area (TPSA) is 98.2 Å². The molecule has 2 aromatic heterocycles. The van der Waals surface area contributed by atoms with Gasteiger partial charge in [-0.2, -0.15) is 0 Å². The normalized spacial score (nSPS) is 16.2. The fourth-order valence-corrected chi connectivity index (χ4v) is 3.40. The lowest BCUT2D eigenvalue weighted by Gasteiger charge is -2.26. The minimum atomic E-state index is -2.99. The van der Waals surface area contributed by atoms with Crippen molar-refractivity contribution in [3.05, 3.63) is 47.7 Å². The number of ether oxygens (including phenoxy) is 1. The molecule has 3 heterocycles. The molecule has 3 rings (SSSR count). The van der Waals surface area contributed by atoms with E-state index in [1.54, 1.807) is 13.0 Å². The van der Waals surface area contributed by atoms with E-state index in [4.69, 9.17) is 4.74 Å². The molecule has 0 unspecified atom stereocenters. The first-order valence-corrected chi connectivity index (χ1v) is 8.91. The van der Waals surface area contributed by atoms with Crippen LogP contribution in [-0.2, 0) is 9.84 Å². The van der Waals surface area contributed by atoms with Gasteiger partial charge in [-0.1, -0.05) is 0 Å². The van der Waals surface area contributed by atoms with Gasteiger partial charge >= 0.3 is 0 Å². The molecule has 7 nitrogen and oxygen atoms in total. The van der Waals surface area contributed by atoms with E-state index < -0.39 is 27.7 Å². The smallest absolute Gasteiger partial charge is 0.275 e. The van der Waals surface area contributed by atoms with Crippen LogP contribution in [0.5, 0.6) is 5.75 Å². The van der Waals surface area contributed by atoms with E-state index >= 15 is 0 Å². The molecule has 1 N–H and O–H groups in total. The highest BCUT2D eigenvalue weighted by molar-refractivity contribution is 7.92. The monoisotopic (exact) mass is 351 g/mol. The molecule has 0 aromatic carbocycles. The second-order valence-electron chi connectivity index (χ2n) is 5.46. The molecule has 1 aliphatic heterocycles. The van der Waals surface area contributed by atoms with Crippen LogP contribution in [0.2, 0.25) is 0 Å². The Morgan fingerprint density at radius 2 is 2.08 bits per heavy atom. The summed E-state index contributed by atoms with van der Waals surface area (Å²) in [5.41, 5.74) is 0.644. The number of aryl methyl sites for hydroxylation is 1. The molecule has 0 radical (unpaired) electrons. The lowest BCUT2D eigenvalue weighted by Crippen LogP contribution is -2.45. The molecule has 0 saturated carbocycles. The number of nitrogens with zero attached hydrogens (tertiary/aromatic N) is 2. The Balaban J connectivity index is 1.73. The highest BCUT2D eigenvalue weighted by Crippen LogP contribution is 2.21. The quantitative estimate of drug-likeness (QED) is 0.893. The molecule has 1 fully saturated rings. The SMILES string of the molecule is Cc1cc(OC2CS(=O)(=O)C2)cc(C(=O)Nc2ccc(F)cn2)n1. The van der Waals surface area contributed by atoms with Crippen molar-refractivity contribution >= 4 is 21.6 Å². The van der Waals surface area contributed by atoms with E-state index in [2.05, 4.69) is 15.3 Å². The molecule has 9 heteroatoms. The molecular formula is C15H14FN3O4S. The summed E-state index contributed by atoms with van der Waals surface area (Å²) in [5.74, 6) is -0.529. The minimum absolute atomic E-state index is 0.0323. The first kappa shape index (κ1) is 16.3. The van der Waals surface area contributed by atoms with Gasteiger partial charge in [-0.25, -0.2) is 22.8 Å². The molecule has 2 aromatic rings. The van der Waals surface area contributed by atoms with Crippen molar-refractivity contribution in [3.63, 3.8) is 0 Å². The lowest BCUT2D eigenvalue weighted by atomic mass is 10.2. The number of carbonyl (C=O) groups is 1. The maximum absolute atomic E-state index is 12.8. The Kier molecular flexibility index (Phi) is 4.18. The number of hydrogen-bond donors (Lipinski definition) is 1. The largest absolute Gasteiger partial charge is 0.488 e. The predicted octanol–water partition coefficient (Wildman–Crippen LogP) is 1.35. The Morgan fingerprint density at radius 1 is 1.33 bits per heavy atom. The average Bonchev–Trinajstić information content (AvgIpc) is 2.47. The standard InChI is InChI=1S/C15H14FN3O4S/c1-9-4-11(23-12-7-24(21,22)8-12)5-13(18-9)15(20)19-14-3-2-10(16)6-17-14/h2-6,12H,7-8H2,1H3,(H,17,19,20). The highest BCUT2D eigenvalue weighted by atomic mass is 32.2. The first-order chi connectivity index (χ1) is 11.3. The second kappa shape index (κ2) is 6.16. The molecule has 126 valence electrons. The number of amides is 1. The van der Waals surface area contributed by atoms with Crippen LogP contribution in [-0.4, -0.2) is 41.9 Å². The summed E-state index contributed by atoms with van der Waals surface area (Å²) in [4.78, 5) is 20.1. The fourth-order valence-electron chi connectivity index (χ4n) is 2.23. The summed E-state index contributed by atoms with van der Waals surface area (Å²) in [5, 5.41) is 2.50. The van der Waals surface area contributed by atoms with E-state index in [-0.39, 0.29) is 23.0 Å². The summed E-state index contributed by atoms with van der Waals surface area (Å²) < 4.78 is 40.7. The number of aromatic nitrogens is 2. The third-order valence-corrected chi connectivity index (χ3v) is 5.07. The van der Waals surface area contributed by atoms with Crippen LogP contribution < -0.4 is 10.1 Å². The summed E-state index contributed by atoms with van der Waals surface area (Å²) in [6, 6.07) is 5.56. The number of carbonyl (C=O) groups excluding carboxylic acids is 1. The van der Waals surface area contributed by atoms with Crippen LogP contribution in [0.3, 0.4) is 0 Å². The molecule has 1 aliphatic rings. The van der Waals surface area contributed by atoms with Gasteiger partial charge in [0.05, 0.1) is 17.7 Å². The van der Waals surface area contributed by atoms with Gasteiger partial charge in [0, 0.05) is 17.8 Å². The van der Waals surface area contributed by atoms with E-state index in [1.807, 2.05) is 0 Å². The van der Waals surface area contributed by atoms with Crippen LogP contribution in [0.25, 0.3) is 0 Å². The lowest BCUT2D eigenvalue weighted by molar-refractivity contribution is 0.102. The van der Waals surface area contributed by atoms with Crippen molar-refractivity contribution in [1.82, 2.24) is 9.97 Å². The molecule has 24 heavy (non-hydrogen) atoms. The van der Waals surface area contributed by atoms with Gasteiger partial charge in [0.15, 0.2) is 9.84 Å². The van der Waals surface area contributed by atoms with Crippen molar-refractivity contribution in [2.45, 2.75) is 13.0 Å². The van der Waals surface area contributed by atoms with Gasteiger partial charge in [0.2, 0.25) is 0 Å². The van der Waals surface area contributed by atoms with E-state index in [0.29, 0.717) is 11.4 Å².